The van der Waals surface area contributed by atoms with Gasteiger partial charge in [0, 0.05) is 16.8 Å². The molecule has 5 nitrogen and oxygen atoms in total. The van der Waals surface area contributed by atoms with E-state index in [0.717, 1.165) is 0 Å². The van der Waals surface area contributed by atoms with Crippen LogP contribution in [0, 0.1) is 5.82 Å². The zero-order valence-corrected chi connectivity index (χ0v) is 12.2. The molecule has 0 spiro atoms. The maximum atomic E-state index is 13.4. The topological polar surface area (TPSA) is 83.8 Å². The largest absolute Gasteiger partial charge is 0.399 e. The molecule has 0 aliphatic rings. The van der Waals surface area contributed by atoms with Crippen LogP contribution >= 0.6 is 15.9 Å². The number of carbonyl (C=O) groups excluding carboxylic acids is 1. The molecule has 2 aromatic carbocycles. The summed E-state index contributed by atoms with van der Waals surface area (Å²) in [5, 5.41) is 9.95. The van der Waals surface area contributed by atoms with Crippen LogP contribution < -0.4 is 11.1 Å². The fourth-order valence-electron chi connectivity index (χ4n) is 1.97. The first-order valence-corrected chi connectivity index (χ1v) is 6.84. The van der Waals surface area contributed by atoms with Crippen LogP contribution in [0.15, 0.2) is 40.9 Å². The smallest absolute Gasteiger partial charge is 0.276 e. The van der Waals surface area contributed by atoms with Gasteiger partial charge in [0.1, 0.15) is 5.82 Å². The quantitative estimate of drug-likeness (QED) is 0.621. The summed E-state index contributed by atoms with van der Waals surface area (Å²) >= 11 is 3.06. The summed E-state index contributed by atoms with van der Waals surface area (Å²) in [5.41, 5.74) is 7.51. The van der Waals surface area contributed by atoms with Gasteiger partial charge in [-0.1, -0.05) is 0 Å². The highest BCUT2D eigenvalue weighted by atomic mass is 79.9. The first-order valence-electron chi connectivity index (χ1n) is 6.04. The molecule has 0 saturated heterocycles. The second kappa shape index (κ2) is 5.17. The molecule has 0 radical (unpaired) electrons. The number of hydrogen-bond donors (Lipinski definition) is 3. The number of nitrogens with two attached hydrogens (primary N) is 1. The third-order valence-corrected chi connectivity index (χ3v) is 3.62. The first kappa shape index (κ1) is 13.6. The molecule has 3 rings (SSSR count). The third-order valence-electron chi connectivity index (χ3n) is 2.98. The molecule has 1 amide bonds. The van der Waals surface area contributed by atoms with E-state index in [2.05, 4.69) is 31.4 Å². The summed E-state index contributed by atoms with van der Waals surface area (Å²) in [4.78, 5) is 12.2. The standard InChI is InChI=1S/C14H10BrFN4O/c15-10-3-2-8(6-11(10)16)18-14(21)13-9-5-7(17)1-4-12(9)19-20-13/h1-6H,17H2,(H,18,21)(H,19,20). The number of H-pyrrole nitrogens is 1. The summed E-state index contributed by atoms with van der Waals surface area (Å²) < 4.78 is 13.8. The maximum Gasteiger partial charge on any atom is 0.276 e. The Labute approximate surface area is 127 Å². The highest BCUT2D eigenvalue weighted by molar-refractivity contribution is 9.10. The van der Waals surface area contributed by atoms with E-state index in [0.29, 0.717) is 26.8 Å². The predicted molar refractivity (Wildman–Crippen MR) is 82.6 cm³/mol. The van der Waals surface area contributed by atoms with E-state index in [-0.39, 0.29) is 5.69 Å². The predicted octanol–water partition coefficient (Wildman–Crippen LogP) is 3.30. The Bertz CT molecular complexity index is 846. The van der Waals surface area contributed by atoms with Crippen molar-refractivity contribution in [3.63, 3.8) is 0 Å². The second-order valence-corrected chi connectivity index (χ2v) is 5.31. The minimum atomic E-state index is -0.455. The number of aromatic amines is 1. The van der Waals surface area contributed by atoms with Crippen molar-refractivity contribution in [2.45, 2.75) is 0 Å². The van der Waals surface area contributed by atoms with Crippen LogP contribution in [-0.4, -0.2) is 16.1 Å². The fourth-order valence-corrected chi connectivity index (χ4v) is 2.22. The van der Waals surface area contributed by atoms with Gasteiger partial charge in [0.2, 0.25) is 0 Å². The molecule has 0 atom stereocenters. The Hall–Kier alpha value is -2.41. The first-order chi connectivity index (χ1) is 10.0. The molecule has 0 saturated carbocycles. The van der Waals surface area contributed by atoms with Gasteiger partial charge in [-0.05, 0) is 52.3 Å². The van der Waals surface area contributed by atoms with E-state index >= 15 is 0 Å². The molecule has 21 heavy (non-hydrogen) atoms. The number of fused-ring (bicyclic) bond motifs is 1. The van der Waals surface area contributed by atoms with E-state index in [9.17, 15) is 9.18 Å². The van der Waals surface area contributed by atoms with Crippen molar-refractivity contribution in [1.82, 2.24) is 10.2 Å². The number of nitrogens with one attached hydrogen (secondary N) is 2. The van der Waals surface area contributed by atoms with Crippen LogP contribution in [0.4, 0.5) is 15.8 Å². The average Bonchev–Trinajstić information content (AvgIpc) is 2.86. The van der Waals surface area contributed by atoms with Crippen molar-refractivity contribution in [3.05, 3.63) is 52.4 Å². The normalized spacial score (nSPS) is 10.8. The molecular formula is C14H10BrFN4O. The third kappa shape index (κ3) is 2.59. The minimum absolute atomic E-state index is 0.209. The Morgan fingerprint density at radius 1 is 1.29 bits per heavy atom. The number of benzene rings is 2. The van der Waals surface area contributed by atoms with E-state index in [4.69, 9.17) is 5.73 Å². The van der Waals surface area contributed by atoms with Crippen LogP contribution in [0.1, 0.15) is 10.5 Å². The van der Waals surface area contributed by atoms with E-state index in [1.165, 1.54) is 12.1 Å². The number of nitrogen functional groups attached to an aromatic ring is 1. The van der Waals surface area contributed by atoms with Crippen molar-refractivity contribution < 1.29 is 9.18 Å². The molecule has 106 valence electrons. The monoisotopic (exact) mass is 348 g/mol. The molecule has 0 unspecified atom stereocenters. The number of aromatic nitrogens is 2. The highest BCUT2D eigenvalue weighted by Crippen LogP contribution is 2.22. The number of hydrogen-bond acceptors (Lipinski definition) is 3. The lowest BCUT2D eigenvalue weighted by atomic mass is 10.2. The number of anilines is 2. The minimum Gasteiger partial charge on any atom is -0.399 e. The van der Waals surface area contributed by atoms with Crippen molar-refractivity contribution >= 4 is 44.1 Å². The van der Waals surface area contributed by atoms with Crippen LogP contribution in [0.5, 0.6) is 0 Å². The van der Waals surface area contributed by atoms with Crippen LogP contribution in [0.3, 0.4) is 0 Å². The highest BCUT2D eigenvalue weighted by Gasteiger charge is 2.15. The number of halogens is 2. The van der Waals surface area contributed by atoms with Crippen molar-refractivity contribution in [3.8, 4) is 0 Å². The maximum absolute atomic E-state index is 13.4. The number of amides is 1. The van der Waals surface area contributed by atoms with Gasteiger partial charge in [-0.15, -0.1) is 0 Å². The van der Waals surface area contributed by atoms with Crippen LogP contribution in [-0.2, 0) is 0 Å². The summed E-state index contributed by atoms with van der Waals surface area (Å²) in [6.45, 7) is 0. The van der Waals surface area contributed by atoms with Gasteiger partial charge < -0.3 is 11.1 Å². The molecule has 1 aromatic heterocycles. The lowest BCUT2D eigenvalue weighted by Crippen LogP contribution is -2.13. The van der Waals surface area contributed by atoms with E-state index in [1.807, 2.05) is 0 Å². The number of carbonyl (C=O) groups is 1. The molecule has 0 bridgehead atoms. The van der Waals surface area contributed by atoms with E-state index < -0.39 is 11.7 Å². The van der Waals surface area contributed by atoms with Gasteiger partial charge in [-0.3, -0.25) is 9.89 Å². The summed E-state index contributed by atoms with van der Waals surface area (Å²) in [5.74, 6) is -0.891. The van der Waals surface area contributed by atoms with Gasteiger partial charge in [-0.25, -0.2) is 4.39 Å². The molecule has 0 aliphatic carbocycles. The fraction of sp³-hybridized carbons (Fsp3) is 0. The average molecular weight is 349 g/mol. The zero-order chi connectivity index (χ0) is 15.0. The molecule has 3 aromatic rings. The van der Waals surface area contributed by atoms with Gasteiger partial charge in [0.15, 0.2) is 5.69 Å². The summed E-state index contributed by atoms with van der Waals surface area (Å²) in [6.07, 6.45) is 0. The number of nitrogens with zero attached hydrogens (tertiary/aromatic N) is 1. The molecule has 0 aliphatic heterocycles. The molecule has 4 N–H and O–H groups in total. The van der Waals surface area contributed by atoms with Gasteiger partial charge >= 0.3 is 0 Å². The van der Waals surface area contributed by atoms with Crippen LogP contribution in [0.2, 0.25) is 0 Å². The lowest BCUT2D eigenvalue weighted by molar-refractivity contribution is 0.102. The van der Waals surface area contributed by atoms with Crippen molar-refractivity contribution in [2.75, 3.05) is 11.1 Å². The molecular weight excluding hydrogens is 339 g/mol. The molecule has 1 heterocycles. The Morgan fingerprint density at radius 2 is 2.10 bits per heavy atom. The SMILES string of the molecule is Nc1ccc2[nH]nc(C(=O)Nc3ccc(Br)c(F)c3)c2c1. The second-order valence-electron chi connectivity index (χ2n) is 4.46. The van der Waals surface area contributed by atoms with Gasteiger partial charge in [-0.2, -0.15) is 5.10 Å². The zero-order valence-electron chi connectivity index (χ0n) is 10.7. The van der Waals surface area contributed by atoms with Gasteiger partial charge in [0.05, 0.1) is 9.99 Å². The Kier molecular flexibility index (Phi) is 3.34. The number of rotatable bonds is 2. The van der Waals surface area contributed by atoms with Gasteiger partial charge in [0.25, 0.3) is 5.91 Å². The van der Waals surface area contributed by atoms with Crippen molar-refractivity contribution in [2.24, 2.45) is 0 Å². The molecule has 7 heteroatoms. The summed E-state index contributed by atoms with van der Waals surface area (Å²) in [6, 6.07) is 9.46. The lowest BCUT2D eigenvalue weighted by Gasteiger charge is -2.04. The van der Waals surface area contributed by atoms with E-state index in [1.54, 1.807) is 24.3 Å². The van der Waals surface area contributed by atoms with Crippen LogP contribution in [0.25, 0.3) is 10.9 Å². The molecule has 0 fully saturated rings. The Balaban J connectivity index is 1.93. The summed E-state index contributed by atoms with van der Waals surface area (Å²) in [7, 11) is 0. The van der Waals surface area contributed by atoms with Crippen molar-refractivity contribution in [1.29, 1.82) is 0 Å². The Morgan fingerprint density at radius 3 is 2.86 bits per heavy atom.